The maximum atomic E-state index is 3.20. The van der Waals surface area contributed by atoms with Crippen LogP contribution in [0.4, 0.5) is 0 Å². The SMILES string of the molecule is CCCCCC#C/C=C\CCCCCCCC. The number of rotatable bonds is 10. The van der Waals surface area contributed by atoms with Crippen LogP contribution in [-0.2, 0) is 0 Å². The molecule has 0 aliphatic carbocycles. The van der Waals surface area contributed by atoms with E-state index in [2.05, 4.69) is 31.8 Å². The summed E-state index contributed by atoms with van der Waals surface area (Å²) in [6.45, 7) is 4.50. The molecule has 0 fully saturated rings. The van der Waals surface area contributed by atoms with Crippen molar-refractivity contribution in [3.63, 3.8) is 0 Å². The molecule has 0 radical (unpaired) electrons. The largest absolute Gasteiger partial charge is 0.0985 e. The summed E-state index contributed by atoms with van der Waals surface area (Å²) in [6.07, 6.45) is 18.7. The first-order valence-corrected chi connectivity index (χ1v) is 7.55. The first-order chi connectivity index (χ1) is 8.41. The van der Waals surface area contributed by atoms with Crippen molar-refractivity contribution in [3.8, 4) is 11.8 Å². The van der Waals surface area contributed by atoms with E-state index in [9.17, 15) is 0 Å². The molecule has 0 rings (SSSR count). The summed E-state index contributed by atoms with van der Waals surface area (Å²) < 4.78 is 0. The number of hydrogen-bond donors (Lipinski definition) is 0. The molecule has 0 saturated carbocycles. The highest BCUT2D eigenvalue weighted by Gasteiger charge is 1.87. The summed E-state index contributed by atoms with van der Waals surface area (Å²) in [5, 5.41) is 0. The Bertz CT molecular complexity index is 214. The van der Waals surface area contributed by atoms with E-state index in [1.54, 1.807) is 0 Å². The zero-order valence-electron chi connectivity index (χ0n) is 11.9. The highest BCUT2D eigenvalue weighted by atomic mass is 13.9. The summed E-state index contributed by atoms with van der Waals surface area (Å²) >= 11 is 0. The van der Waals surface area contributed by atoms with Gasteiger partial charge in [-0.05, 0) is 25.3 Å². The molecule has 0 aromatic carbocycles. The van der Waals surface area contributed by atoms with Crippen LogP contribution in [0.1, 0.15) is 84.5 Å². The minimum atomic E-state index is 1.06. The maximum Gasteiger partial charge on any atom is 0.00922 e. The second-order valence-electron chi connectivity index (χ2n) is 4.74. The summed E-state index contributed by atoms with van der Waals surface area (Å²) in [5.41, 5.74) is 0. The summed E-state index contributed by atoms with van der Waals surface area (Å²) in [7, 11) is 0. The average molecular weight is 234 g/mol. The van der Waals surface area contributed by atoms with Crippen LogP contribution in [0.25, 0.3) is 0 Å². The van der Waals surface area contributed by atoms with Crippen molar-refractivity contribution in [2.45, 2.75) is 84.5 Å². The molecule has 0 heterocycles. The maximum absolute atomic E-state index is 3.20. The van der Waals surface area contributed by atoms with E-state index in [1.165, 1.54) is 64.2 Å². The minimum Gasteiger partial charge on any atom is -0.0985 e. The summed E-state index contributed by atoms with van der Waals surface area (Å²) in [5.74, 6) is 6.33. The van der Waals surface area contributed by atoms with Gasteiger partial charge in [-0.2, -0.15) is 0 Å². The molecule has 0 aliphatic heterocycles. The molecule has 0 aromatic heterocycles. The Morgan fingerprint density at radius 1 is 0.765 bits per heavy atom. The fourth-order valence-electron chi connectivity index (χ4n) is 1.78. The van der Waals surface area contributed by atoms with Crippen molar-refractivity contribution in [1.82, 2.24) is 0 Å². The molecular weight excluding hydrogens is 204 g/mol. The van der Waals surface area contributed by atoms with Gasteiger partial charge in [-0.25, -0.2) is 0 Å². The van der Waals surface area contributed by atoms with Crippen molar-refractivity contribution in [2.75, 3.05) is 0 Å². The van der Waals surface area contributed by atoms with Crippen LogP contribution in [-0.4, -0.2) is 0 Å². The van der Waals surface area contributed by atoms with E-state index in [1.807, 2.05) is 6.08 Å². The Balaban J connectivity index is 3.18. The van der Waals surface area contributed by atoms with Gasteiger partial charge in [0, 0.05) is 6.42 Å². The third kappa shape index (κ3) is 15.3. The smallest absolute Gasteiger partial charge is 0.00922 e. The van der Waals surface area contributed by atoms with E-state index >= 15 is 0 Å². The van der Waals surface area contributed by atoms with Crippen molar-refractivity contribution < 1.29 is 0 Å². The molecule has 0 aliphatic rings. The quantitative estimate of drug-likeness (QED) is 0.327. The van der Waals surface area contributed by atoms with Crippen LogP contribution >= 0.6 is 0 Å². The molecule has 0 heteroatoms. The lowest BCUT2D eigenvalue weighted by Crippen LogP contribution is -1.77. The van der Waals surface area contributed by atoms with E-state index in [0.717, 1.165) is 6.42 Å². The Hall–Kier alpha value is -0.700. The van der Waals surface area contributed by atoms with Gasteiger partial charge in [0.25, 0.3) is 0 Å². The van der Waals surface area contributed by atoms with Gasteiger partial charge in [0.2, 0.25) is 0 Å². The standard InChI is InChI=1S/C17H30/c1-3-5-7-9-11-13-15-17-16-14-12-10-8-6-4-2/h16-17H,3-11,13,15H2,1-2H3/b17-16-. The topological polar surface area (TPSA) is 0 Å². The molecule has 0 N–H and O–H groups in total. The lowest BCUT2D eigenvalue weighted by molar-refractivity contribution is 0.611. The molecule has 0 aromatic rings. The zero-order valence-corrected chi connectivity index (χ0v) is 11.9. The van der Waals surface area contributed by atoms with E-state index in [0.29, 0.717) is 0 Å². The van der Waals surface area contributed by atoms with Crippen LogP contribution in [0, 0.1) is 11.8 Å². The lowest BCUT2D eigenvalue weighted by Gasteiger charge is -1.96. The van der Waals surface area contributed by atoms with Crippen LogP contribution < -0.4 is 0 Å². The van der Waals surface area contributed by atoms with Gasteiger partial charge < -0.3 is 0 Å². The Kier molecular flexibility index (Phi) is 14.7. The van der Waals surface area contributed by atoms with Gasteiger partial charge in [0.05, 0.1) is 0 Å². The lowest BCUT2D eigenvalue weighted by atomic mass is 10.1. The van der Waals surface area contributed by atoms with E-state index < -0.39 is 0 Å². The van der Waals surface area contributed by atoms with Gasteiger partial charge in [-0.15, -0.1) is 0 Å². The normalized spacial score (nSPS) is 10.5. The average Bonchev–Trinajstić information content (AvgIpc) is 2.35. The van der Waals surface area contributed by atoms with Crippen molar-refractivity contribution in [2.24, 2.45) is 0 Å². The van der Waals surface area contributed by atoms with Crippen LogP contribution in [0.2, 0.25) is 0 Å². The Morgan fingerprint density at radius 3 is 2.18 bits per heavy atom. The van der Waals surface area contributed by atoms with E-state index in [-0.39, 0.29) is 0 Å². The molecule has 0 unspecified atom stereocenters. The minimum absolute atomic E-state index is 1.06. The van der Waals surface area contributed by atoms with Gasteiger partial charge >= 0.3 is 0 Å². The third-order valence-electron chi connectivity index (χ3n) is 2.93. The third-order valence-corrected chi connectivity index (χ3v) is 2.93. The molecule has 0 saturated heterocycles. The summed E-state index contributed by atoms with van der Waals surface area (Å²) in [6, 6.07) is 0. The first kappa shape index (κ1) is 16.3. The van der Waals surface area contributed by atoms with Gasteiger partial charge in [0.15, 0.2) is 0 Å². The number of hydrogen-bond acceptors (Lipinski definition) is 0. The molecule has 0 bridgehead atoms. The predicted octanol–water partition coefficient (Wildman–Crippen LogP) is 5.88. The number of allylic oxidation sites excluding steroid dienone is 2. The highest BCUT2D eigenvalue weighted by Crippen LogP contribution is 2.06. The van der Waals surface area contributed by atoms with Gasteiger partial charge in [-0.3, -0.25) is 0 Å². The van der Waals surface area contributed by atoms with Gasteiger partial charge in [-0.1, -0.05) is 76.7 Å². The Morgan fingerprint density at radius 2 is 1.41 bits per heavy atom. The van der Waals surface area contributed by atoms with Crippen LogP contribution in [0.3, 0.4) is 0 Å². The fraction of sp³-hybridized carbons (Fsp3) is 0.765. The zero-order chi connectivity index (χ0) is 12.6. The molecule has 17 heavy (non-hydrogen) atoms. The number of unbranched alkanes of at least 4 members (excludes halogenated alkanes) is 9. The van der Waals surface area contributed by atoms with Crippen molar-refractivity contribution >= 4 is 0 Å². The second-order valence-corrected chi connectivity index (χ2v) is 4.74. The molecule has 0 amide bonds. The Labute approximate surface area is 109 Å². The second kappa shape index (κ2) is 15.3. The molecule has 0 nitrogen and oxygen atoms in total. The molecule has 98 valence electrons. The van der Waals surface area contributed by atoms with Crippen molar-refractivity contribution in [1.29, 1.82) is 0 Å². The molecule has 0 atom stereocenters. The fourth-order valence-corrected chi connectivity index (χ4v) is 1.78. The van der Waals surface area contributed by atoms with Crippen molar-refractivity contribution in [3.05, 3.63) is 12.2 Å². The molecular formula is C17H30. The van der Waals surface area contributed by atoms with E-state index in [4.69, 9.17) is 0 Å². The molecule has 0 spiro atoms. The summed E-state index contributed by atoms with van der Waals surface area (Å²) in [4.78, 5) is 0. The van der Waals surface area contributed by atoms with Crippen LogP contribution in [0.5, 0.6) is 0 Å². The first-order valence-electron chi connectivity index (χ1n) is 7.55. The van der Waals surface area contributed by atoms with Gasteiger partial charge in [0.1, 0.15) is 0 Å². The van der Waals surface area contributed by atoms with Crippen LogP contribution in [0.15, 0.2) is 12.2 Å². The predicted molar refractivity (Wildman–Crippen MR) is 79.1 cm³/mol. The highest BCUT2D eigenvalue weighted by molar-refractivity contribution is 5.14. The monoisotopic (exact) mass is 234 g/mol.